The molecular weight excluding hydrogens is 199 g/mol. The van der Waals surface area contributed by atoms with Gasteiger partial charge in [0.15, 0.2) is 0 Å². The smallest absolute Gasteiger partial charge is 0.126 e. The predicted molar refractivity (Wildman–Crippen MR) is 68.6 cm³/mol. The Morgan fingerprint density at radius 3 is 2.12 bits per heavy atom. The van der Waals surface area contributed by atoms with E-state index >= 15 is 0 Å². The summed E-state index contributed by atoms with van der Waals surface area (Å²) >= 11 is 0. The highest BCUT2D eigenvalue weighted by molar-refractivity contribution is 5.39. The SMILES string of the molecule is CCc1cc(C(C)(C)C)c(C(C)C)cc1F. The molecule has 0 saturated heterocycles. The molecule has 0 amide bonds. The fraction of sp³-hybridized carbons (Fsp3) is 0.600. The van der Waals surface area contributed by atoms with Gasteiger partial charge < -0.3 is 0 Å². The van der Waals surface area contributed by atoms with Gasteiger partial charge in [-0.25, -0.2) is 4.39 Å². The first-order valence-electron chi connectivity index (χ1n) is 6.10. The van der Waals surface area contributed by atoms with Crippen molar-refractivity contribution < 1.29 is 4.39 Å². The van der Waals surface area contributed by atoms with Crippen LogP contribution in [0.25, 0.3) is 0 Å². The fourth-order valence-corrected chi connectivity index (χ4v) is 2.03. The van der Waals surface area contributed by atoms with Crippen LogP contribution in [0.15, 0.2) is 12.1 Å². The van der Waals surface area contributed by atoms with E-state index in [2.05, 4.69) is 34.6 Å². The van der Waals surface area contributed by atoms with Gasteiger partial charge in [0.05, 0.1) is 0 Å². The van der Waals surface area contributed by atoms with Crippen LogP contribution in [0, 0.1) is 5.82 Å². The second kappa shape index (κ2) is 4.57. The summed E-state index contributed by atoms with van der Waals surface area (Å²) in [6.07, 6.45) is 0.757. The Morgan fingerprint density at radius 1 is 1.19 bits per heavy atom. The first kappa shape index (κ1) is 13.2. The number of rotatable bonds is 2. The van der Waals surface area contributed by atoms with E-state index in [1.54, 1.807) is 6.07 Å². The van der Waals surface area contributed by atoms with E-state index in [-0.39, 0.29) is 11.2 Å². The van der Waals surface area contributed by atoms with Crippen molar-refractivity contribution in [3.8, 4) is 0 Å². The maximum atomic E-state index is 13.8. The van der Waals surface area contributed by atoms with E-state index in [4.69, 9.17) is 0 Å². The Labute approximate surface area is 98.9 Å². The number of hydrogen-bond acceptors (Lipinski definition) is 0. The minimum atomic E-state index is -0.0563. The summed E-state index contributed by atoms with van der Waals surface area (Å²) in [5.41, 5.74) is 3.33. The second-order valence-electron chi connectivity index (χ2n) is 5.79. The lowest BCUT2D eigenvalue weighted by Gasteiger charge is -2.26. The molecule has 0 aliphatic rings. The molecule has 90 valence electrons. The van der Waals surface area contributed by atoms with E-state index in [0.29, 0.717) is 5.92 Å². The van der Waals surface area contributed by atoms with E-state index < -0.39 is 0 Å². The highest BCUT2D eigenvalue weighted by Crippen LogP contribution is 2.32. The van der Waals surface area contributed by atoms with Crippen molar-refractivity contribution in [1.29, 1.82) is 0 Å². The van der Waals surface area contributed by atoms with Crippen LogP contribution in [0.3, 0.4) is 0 Å². The monoisotopic (exact) mass is 222 g/mol. The molecule has 1 heteroatoms. The lowest BCUT2D eigenvalue weighted by atomic mass is 9.79. The van der Waals surface area contributed by atoms with Crippen molar-refractivity contribution >= 4 is 0 Å². The Morgan fingerprint density at radius 2 is 1.75 bits per heavy atom. The van der Waals surface area contributed by atoms with Gasteiger partial charge in [-0.1, -0.05) is 47.6 Å². The van der Waals surface area contributed by atoms with Gasteiger partial charge in [-0.05, 0) is 40.5 Å². The second-order valence-corrected chi connectivity index (χ2v) is 5.79. The molecule has 16 heavy (non-hydrogen) atoms. The minimum Gasteiger partial charge on any atom is -0.207 e. The summed E-state index contributed by atoms with van der Waals surface area (Å²) in [6, 6.07) is 3.77. The maximum Gasteiger partial charge on any atom is 0.126 e. The Kier molecular flexibility index (Phi) is 3.77. The lowest BCUT2D eigenvalue weighted by Crippen LogP contribution is -2.16. The van der Waals surface area contributed by atoms with E-state index in [9.17, 15) is 4.39 Å². The van der Waals surface area contributed by atoms with Gasteiger partial charge in [-0.3, -0.25) is 0 Å². The third kappa shape index (κ3) is 2.63. The Bertz CT molecular complexity index is 370. The molecule has 0 radical (unpaired) electrons. The van der Waals surface area contributed by atoms with E-state index in [1.165, 1.54) is 5.56 Å². The van der Waals surface area contributed by atoms with Crippen LogP contribution in [-0.2, 0) is 11.8 Å². The summed E-state index contributed by atoms with van der Waals surface area (Å²) in [5.74, 6) is 0.314. The highest BCUT2D eigenvalue weighted by Gasteiger charge is 2.21. The molecule has 0 aromatic heterocycles. The van der Waals surface area contributed by atoms with Gasteiger partial charge in [0.25, 0.3) is 0 Å². The molecule has 0 fully saturated rings. The van der Waals surface area contributed by atoms with Crippen molar-refractivity contribution in [1.82, 2.24) is 0 Å². The summed E-state index contributed by atoms with van der Waals surface area (Å²) < 4.78 is 13.8. The van der Waals surface area contributed by atoms with Crippen molar-refractivity contribution in [3.05, 3.63) is 34.6 Å². The van der Waals surface area contributed by atoms with Crippen molar-refractivity contribution in [3.63, 3.8) is 0 Å². The summed E-state index contributed by atoms with van der Waals surface area (Å²) in [6.45, 7) is 12.8. The first-order chi connectivity index (χ1) is 7.27. The van der Waals surface area contributed by atoms with Gasteiger partial charge in [0.1, 0.15) is 5.82 Å². The molecule has 1 aromatic rings. The highest BCUT2D eigenvalue weighted by atomic mass is 19.1. The first-order valence-corrected chi connectivity index (χ1v) is 6.10. The molecule has 0 N–H and O–H groups in total. The number of benzene rings is 1. The zero-order valence-electron chi connectivity index (χ0n) is 11.3. The van der Waals surface area contributed by atoms with Gasteiger partial charge >= 0.3 is 0 Å². The van der Waals surface area contributed by atoms with Gasteiger partial charge in [0, 0.05) is 0 Å². The van der Waals surface area contributed by atoms with Gasteiger partial charge in [-0.2, -0.15) is 0 Å². The van der Waals surface area contributed by atoms with Gasteiger partial charge in [-0.15, -0.1) is 0 Å². The third-order valence-electron chi connectivity index (χ3n) is 3.03. The summed E-state index contributed by atoms with van der Waals surface area (Å²) in [7, 11) is 0. The average molecular weight is 222 g/mol. The molecule has 0 spiro atoms. The lowest BCUT2D eigenvalue weighted by molar-refractivity contribution is 0.562. The molecule has 1 aromatic carbocycles. The zero-order valence-corrected chi connectivity index (χ0v) is 11.3. The number of hydrogen-bond donors (Lipinski definition) is 0. The summed E-state index contributed by atoms with van der Waals surface area (Å²) in [4.78, 5) is 0. The van der Waals surface area contributed by atoms with Crippen molar-refractivity contribution in [2.45, 2.75) is 59.3 Å². The molecule has 0 bridgehead atoms. The third-order valence-corrected chi connectivity index (χ3v) is 3.03. The molecule has 0 aliphatic heterocycles. The Balaban J connectivity index is 3.43. The molecular formula is C15H23F. The van der Waals surface area contributed by atoms with Crippen LogP contribution in [0.4, 0.5) is 4.39 Å². The molecule has 0 heterocycles. The minimum absolute atomic E-state index is 0.0563. The van der Waals surface area contributed by atoms with Crippen LogP contribution in [0.2, 0.25) is 0 Å². The average Bonchev–Trinajstić information content (AvgIpc) is 2.15. The van der Waals surface area contributed by atoms with Crippen LogP contribution in [0.1, 0.15) is 64.2 Å². The number of halogens is 1. The largest absolute Gasteiger partial charge is 0.207 e. The van der Waals surface area contributed by atoms with E-state index in [0.717, 1.165) is 17.5 Å². The topological polar surface area (TPSA) is 0 Å². The molecule has 0 unspecified atom stereocenters. The summed E-state index contributed by atoms with van der Waals surface area (Å²) in [5, 5.41) is 0. The molecule has 0 atom stereocenters. The van der Waals surface area contributed by atoms with Gasteiger partial charge in [0.2, 0.25) is 0 Å². The van der Waals surface area contributed by atoms with E-state index in [1.807, 2.05) is 13.0 Å². The fourth-order valence-electron chi connectivity index (χ4n) is 2.03. The standard InChI is InChI=1S/C15H23F/c1-7-11-8-13(15(4,5)6)12(10(2)3)9-14(11)16/h8-10H,7H2,1-6H3. The molecule has 0 nitrogen and oxygen atoms in total. The number of aryl methyl sites for hydroxylation is 1. The van der Waals surface area contributed by atoms with Crippen LogP contribution < -0.4 is 0 Å². The van der Waals surface area contributed by atoms with Crippen LogP contribution in [-0.4, -0.2) is 0 Å². The molecule has 0 aliphatic carbocycles. The van der Waals surface area contributed by atoms with Crippen LogP contribution >= 0.6 is 0 Å². The zero-order chi connectivity index (χ0) is 12.5. The predicted octanol–water partition coefficient (Wildman–Crippen LogP) is 4.81. The Hall–Kier alpha value is -0.850. The molecule has 0 saturated carbocycles. The quantitative estimate of drug-likeness (QED) is 0.673. The molecule has 1 rings (SSSR count). The van der Waals surface area contributed by atoms with Crippen molar-refractivity contribution in [2.75, 3.05) is 0 Å². The maximum absolute atomic E-state index is 13.8. The normalized spacial score (nSPS) is 12.2. The van der Waals surface area contributed by atoms with Crippen LogP contribution in [0.5, 0.6) is 0 Å². The van der Waals surface area contributed by atoms with Crippen molar-refractivity contribution in [2.24, 2.45) is 0 Å².